The van der Waals surface area contributed by atoms with Crippen LogP contribution in [-0.2, 0) is 5.41 Å². The van der Waals surface area contributed by atoms with E-state index in [9.17, 15) is 0 Å². The van der Waals surface area contributed by atoms with Crippen molar-refractivity contribution in [3.63, 3.8) is 0 Å². The van der Waals surface area contributed by atoms with Gasteiger partial charge in [0.2, 0.25) is 0 Å². The first-order valence-electron chi connectivity index (χ1n) is 26.1. The van der Waals surface area contributed by atoms with E-state index in [4.69, 9.17) is 19.4 Å². The van der Waals surface area contributed by atoms with Crippen LogP contribution in [0.3, 0.4) is 0 Å². The molecule has 4 aliphatic carbocycles. The number of aromatic nitrogens is 3. The molecule has 0 amide bonds. The highest BCUT2D eigenvalue weighted by Crippen LogP contribution is 2.84. The molecule has 4 heteroatoms. The number of nitrogens with zero attached hydrogens (tertiary/aromatic N) is 3. The third-order valence-electron chi connectivity index (χ3n) is 18.2. The Bertz CT molecular complexity index is 4180. The minimum atomic E-state index is 0.401. The molecule has 4 fully saturated rings. The highest BCUT2D eigenvalue weighted by atomic mass is 16.3. The van der Waals surface area contributed by atoms with E-state index in [1.54, 1.807) is 5.56 Å². The Morgan fingerprint density at radius 3 is 1.41 bits per heavy atom. The van der Waals surface area contributed by atoms with E-state index in [1.807, 2.05) is 6.07 Å². The molecule has 2 unspecified atom stereocenters. The predicted molar refractivity (Wildman–Crippen MR) is 298 cm³/mol. The van der Waals surface area contributed by atoms with E-state index in [2.05, 4.69) is 212 Å². The van der Waals surface area contributed by atoms with Crippen LogP contribution in [0.5, 0.6) is 0 Å². The summed E-state index contributed by atoms with van der Waals surface area (Å²) in [4.78, 5) is 15.7. The van der Waals surface area contributed by atoms with Crippen LogP contribution >= 0.6 is 0 Å². The maximum atomic E-state index is 6.84. The Hall–Kier alpha value is -8.47. The Balaban J connectivity index is 0.793. The molecule has 16 rings (SSSR count). The van der Waals surface area contributed by atoms with Crippen molar-refractivity contribution in [2.45, 2.75) is 37.5 Å². The highest BCUT2D eigenvalue weighted by molar-refractivity contribution is 6.30. The summed E-state index contributed by atoms with van der Waals surface area (Å²) in [6, 6.07) is 78.9. The van der Waals surface area contributed by atoms with Gasteiger partial charge in [0.05, 0.1) is 0 Å². The third kappa shape index (κ3) is 6.23. The number of furan rings is 1. The molecule has 0 N–H and O–H groups in total. The van der Waals surface area contributed by atoms with Crippen LogP contribution < -0.4 is 0 Å². The molecule has 4 saturated carbocycles. The second-order valence-electron chi connectivity index (χ2n) is 21.7. The van der Waals surface area contributed by atoms with Gasteiger partial charge in [0.25, 0.3) is 0 Å². The summed E-state index contributed by atoms with van der Waals surface area (Å²) < 4.78 is 6.84. The lowest BCUT2D eigenvalue weighted by molar-refractivity contribution is -0.175. The lowest BCUT2D eigenvalue weighted by Gasteiger charge is -2.66. The van der Waals surface area contributed by atoms with Gasteiger partial charge in [-0.05, 0) is 163 Å². The van der Waals surface area contributed by atoms with E-state index in [-0.39, 0.29) is 0 Å². The largest absolute Gasteiger partial charge is 0.455 e. The maximum Gasteiger partial charge on any atom is 0.164 e. The lowest BCUT2D eigenvalue weighted by Crippen LogP contribution is -2.59. The summed E-state index contributed by atoms with van der Waals surface area (Å²) in [6.45, 7) is 0. The molecule has 10 aromatic carbocycles. The maximum absolute atomic E-state index is 6.84. The molecule has 4 nitrogen and oxygen atoms in total. The van der Waals surface area contributed by atoms with E-state index < -0.39 is 0 Å². The van der Waals surface area contributed by atoms with Crippen molar-refractivity contribution in [2.75, 3.05) is 0 Å². The van der Waals surface area contributed by atoms with Crippen molar-refractivity contribution < 1.29 is 4.42 Å². The van der Waals surface area contributed by atoms with Crippen LogP contribution in [0.1, 0.15) is 37.7 Å². The molecular weight excluding hydrogens is 887 g/mol. The fourth-order valence-electron chi connectivity index (χ4n) is 14.8. The van der Waals surface area contributed by atoms with Crippen molar-refractivity contribution >= 4 is 43.5 Å². The fourth-order valence-corrected chi connectivity index (χ4v) is 14.8. The first kappa shape index (κ1) is 41.2. The topological polar surface area (TPSA) is 51.8 Å². The summed E-state index contributed by atoms with van der Waals surface area (Å²) in [5, 5.41) is 6.87. The molecule has 0 saturated heterocycles. The van der Waals surface area contributed by atoms with Gasteiger partial charge in [0.15, 0.2) is 17.5 Å². The highest BCUT2D eigenvalue weighted by Gasteiger charge is 2.77. The lowest BCUT2D eigenvalue weighted by atomic mass is 9.38. The van der Waals surface area contributed by atoms with Crippen LogP contribution in [0.2, 0.25) is 0 Å². The minimum absolute atomic E-state index is 0.401. The van der Waals surface area contributed by atoms with Crippen molar-refractivity contribution in [3.8, 4) is 78.7 Å². The first-order valence-corrected chi connectivity index (χ1v) is 26.1. The minimum Gasteiger partial charge on any atom is -0.455 e. The summed E-state index contributed by atoms with van der Waals surface area (Å²) in [7, 11) is 0. The van der Waals surface area contributed by atoms with Crippen molar-refractivity contribution in [3.05, 3.63) is 224 Å². The van der Waals surface area contributed by atoms with E-state index in [1.165, 1.54) is 76.1 Å². The molecular formula is C69H49N3O. The zero-order valence-corrected chi connectivity index (χ0v) is 40.3. The standard InChI is InChI=1S/C69H49N3O/c1-3-12-42(13-4-1)47-16-11-17-48(32-47)66-70-65(71-67(72-66)49-28-31-61-62(36-49)73-64-60-21-10-8-19-58(60)57-18-7-9-20-59(57)63(61)64)46-24-22-44(23-25-46)51-33-50(43-14-5-2-6-15-43)34-52(35-51)45-26-29-53(30-27-45)68-39-55-37-54-38-56(40-68)69(54,55)41-68/h1-36,54-56H,37-41H2. The SMILES string of the molecule is c1ccc(-c2cc(-c3ccc(-c4nc(-c5cccc(-c6ccccc6)c5)nc(-c5ccc6c(c5)oc5c7ccccc7c7ccccc7c65)n4)cc3)cc(-c3ccc(C45CC6CC7CC(C4)C76C5)cc3)c2)cc1. The van der Waals surface area contributed by atoms with Crippen molar-refractivity contribution in [1.82, 2.24) is 15.0 Å². The van der Waals surface area contributed by atoms with E-state index in [0.29, 0.717) is 28.3 Å². The second-order valence-corrected chi connectivity index (χ2v) is 21.7. The number of hydrogen-bond donors (Lipinski definition) is 0. The van der Waals surface area contributed by atoms with E-state index >= 15 is 0 Å². The summed E-state index contributed by atoms with van der Waals surface area (Å²) in [5.41, 5.74) is 16.5. The molecule has 4 aliphatic rings. The Labute approximate surface area is 424 Å². The van der Waals surface area contributed by atoms with Crippen LogP contribution in [0.4, 0.5) is 0 Å². The van der Waals surface area contributed by atoms with Gasteiger partial charge >= 0.3 is 0 Å². The van der Waals surface area contributed by atoms with Crippen LogP contribution in [-0.4, -0.2) is 15.0 Å². The number of rotatable bonds is 8. The van der Waals surface area contributed by atoms with Gasteiger partial charge < -0.3 is 4.42 Å². The molecule has 346 valence electrons. The molecule has 2 aromatic heterocycles. The smallest absolute Gasteiger partial charge is 0.164 e. The average Bonchev–Trinajstić information content (AvgIpc) is 4.12. The summed E-state index contributed by atoms with van der Waals surface area (Å²) in [6.07, 6.45) is 7.23. The normalized spacial score (nSPS) is 21.4. The van der Waals surface area contributed by atoms with Crippen LogP contribution in [0.25, 0.3) is 122 Å². The van der Waals surface area contributed by atoms with Gasteiger partial charge in [-0.2, -0.15) is 0 Å². The molecule has 1 spiro atoms. The summed E-state index contributed by atoms with van der Waals surface area (Å²) in [5.74, 6) is 4.80. The van der Waals surface area contributed by atoms with E-state index in [0.717, 1.165) is 78.5 Å². The predicted octanol–water partition coefficient (Wildman–Crippen LogP) is 17.8. The Kier molecular flexibility index (Phi) is 8.75. The van der Waals surface area contributed by atoms with Crippen molar-refractivity contribution in [2.24, 2.45) is 23.2 Å². The molecule has 2 heterocycles. The van der Waals surface area contributed by atoms with Gasteiger partial charge in [-0.15, -0.1) is 0 Å². The molecule has 0 aliphatic heterocycles. The fraction of sp³-hybridized carbons (Fsp3) is 0.145. The van der Waals surface area contributed by atoms with Gasteiger partial charge in [0, 0.05) is 32.8 Å². The van der Waals surface area contributed by atoms with Crippen LogP contribution in [0.15, 0.2) is 223 Å². The molecule has 12 aromatic rings. The Morgan fingerprint density at radius 1 is 0.342 bits per heavy atom. The first-order chi connectivity index (χ1) is 36.0. The van der Waals surface area contributed by atoms with Gasteiger partial charge in [-0.3, -0.25) is 0 Å². The van der Waals surface area contributed by atoms with Gasteiger partial charge in [0.1, 0.15) is 11.2 Å². The average molecular weight is 936 g/mol. The Morgan fingerprint density at radius 2 is 0.795 bits per heavy atom. The molecule has 2 bridgehead atoms. The zero-order chi connectivity index (χ0) is 47.8. The molecule has 0 radical (unpaired) electrons. The third-order valence-corrected chi connectivity index (χ3v) is 18.2. The number of hydrogen-bond acceptors (Lipinski definition) is 4. The second kappa shape index (κ2) is 15.5. The zero-order valence-electron chi connectivity index (χ0n) is 40.3. The number of benzene rings is 10. The quantitative estimate of drug-likeness (QED) is 0.142. The van der Waals surface area contributed by atoms with Crippen LogP contribution in [0, 0.1) is 23.2 Å². The summed E-state index contributed by atoms with van der Waals surface area (Å²) >= 11 is 0. The monoisotopic (exact) mass is 935 g/mol. The molecule has 73 heavy (non-hydrogen) atoms. The number of fused-ring (bicyclic) bond motifs is 9. The van der Waals surface area contributed by atoms with Gasteiger partial charge in [-0.1, -0.05) is 182 Å². The molecule has 2 atom stereocenters. The van der Waals surface area contributed by atoms with Gasteiger partial charge in [-0.25, -0.2) is 15.0 Å². The van der Waals surface area contributed by atoms with Crippen molar-refractivity contribution in [1.29, 1.82) is 0 Å².